The summed E-state index contributed by atoms with van der Waals surface area (Å²) in [6, 6.07) is 4.77. The molecule has 1 amide bonds. The zero-order chi connectivity index (χ0) is 14.3. The van der Waals surface area contributed by atoms with Crippen LogP contribution >= 0.6 is 0 Å². The van der Waals surface area contributed by atoms with Crippen LogP contribution in [0, 0.1) is 11.7 Å². The monoisotopic (exact) mass is 268 g/mol. The minimum atomic E-state index is -0.291. The van der Waals surface area contributed by atoms with Crippen molar-refractivity contribution in [2.75, 3.05) is 20.7 Å². The van der Waals surface area contributed by atoms with Crippen molar-refractivity contribution in [1.82, 2.24) is 10.6 Å². The molecule has 106 valence electrons. The summed E-state index contributed by atoms with van der Waals surface area (Å²) in [5.41, 5.74) is 1.36. The number of methoxy groups -OCH3 is 1. The summed E-state index contributed by atoms with van der Waals surface area (Å²) in [5, 5.41) is 5.78. The standard InChI is InChI=1S/C14H21FN2O2/c1-10(7-16-2)14(18)17-8-11-4-5-13(15)12(6-11)9-19-3/h4-6,10,16H,7-9H2,1-3H3,(H,17,18). The molecule has 0 aliphatic heterocycles. The lowest BCUT2D eigenvalue weighted by atomic mass is 10.1. The highest BCUT2D eigenvalue weighted by Gasteiger charge is 2.11. The van der Waals surface area contributed by atoms with Gasteiger partial charge in [0.05, 0.1) is 6.61 Å². The third-order valence-corrected chi connectivity index (χ3v) is 2.83. The van der Waals surface area contributed by atoms with Crippen LogP contribution in [0.5, 0.6) is 0 Å². The Morgan fingerprint density at radius 2 is 2.21 bits per heavy atom. The number of hydrogen-bond acceptors (Lipinski definition) is 3. The molecule has 5 heteroatoms. The second-order valence-electron chi connectivity index (χ2n) is 4.54. The highest BCUT2D eigenvalue weighted by Crippen LogP contribution is 2.11. The first-order valence-electron chi connectivity index (χ1n) is 6.27. The fourth-order valence-electron chi connectivity index (χ4n) is 1.77. The van der Waals surface area contributed by atoms with Crippen LogP contribution in [0.1, 0.15) is 18.1 Å². The molecule has 1 unspecified atom stereocenters. The van der Waals surface area contributed by atoms with Crippen LogP contribution in [-0.2, 0) is 22.7 Å². The highest BCUT2D eigenvalue weighted by atomic mass is 19.1. The summed E-state index contributed by atoms with van der Waals surface area (Å²) in [6.07, 6.45) is 0. The summed E-state index contributed by atoms with van der Waals surface area (Å²) in [7, 11) is 3.33. The van der Waals surface area contributed by atoms with E-state index in [9.17, 15) is 9.18 Å². The van der Waals surface area contributed by atoms with E-state index in [-0.39, 0.29) is 24.2 Å². The molecule has 1 rings (SSSR count). The second kappa shape index (κ2) is 7.86. The maximum Gasteiger partial charge on any atom is 0.224 e. The van der Waals surface area contributed by atoms with Gasteiger partial charge in [-0.05, 0) is 24.7 Å². The molecule has 1 atom stereocenters. The summed E-state index contributed by atoms with van der Waals surface area (Å²) in [5.74, 6) is -0.406. The van der Waals surface area contributed by atoms with Crippen molar-refractivity contribution in [2.24, 2.45) is 5.92 Å². The van der Waals surface area contributed by atoms with E-state index < -0.39 is 0 Å². The first-order valence-corrected chi connectivity index (χ1v) is 6.27. The third kappa shape index (κ3) is 4.96. The average molecular weight is 268 g/mol. The van der Waals surface area contributed by atoms with Crippen molar-refractivity contribution < 1.29 is 13.9 Å². The van der Waals surface area contributed by atoms with Gasteiger partial charge >= 0.3 is 0 Å². The molecule has 0 aliphatic rings. The van der Waals surface area contributed by atoms with Gasteiger partial charge in [-0.2, -0.15) is 0 Å². The molecule has 0 heterocycles. The Kier molecular flexibility index (Phi) is 6.45. The Morgan fingerprint density at radius 3 is 2.84 bits per heavy atom. The minimum absolute atomic E-state index is 0.0213. The van der Waals surface area contributed by atoms with Gasteiger partial charge in [0.25, 0.3) is 0 Å². The maximum atomic E-state index is 13.4. The molecule has 0 saturated heterocycles. The number of ether oxygens (including phenoxy) is 1. The molecule has 0 spiro atoms. The van der Waals surface area contributed by atoms with E-state index in [1.807, 2.05) is 6.92 Å². The van der Waals surface area contributed by atoms with Crippen molar-refractivity contribution in [2.45, 2.75) is 20.1 Å². The van der Waals surface area contributed by atoms with E-state index in [1.165, 1.54) is 13.2 Å². The van der Waals surface area contributed by atoms with Crippen LogP contribution < -0.4 is 10.6 Å². The van der Waals surface area contributed by atoms with Crippen molar-refractivity contribution in [3.05, 3.63) is 35.1 Å². The van der Waals surface area contributed by atoms with Crippen LogP contribution in [0.15, 0.2) is 18.2 Å². The van der Waals surface area contributed by atoms with Gasteiger partial charge in [0, 0.05) is 31.7 Å². The lowest BCUT2D eigenvalue weighted by molar-refractivity contribution is -0.124. The van der Waals surface area contributed by atoms with Crippen molar-refractivity contribution in [1.29, 1.82) is 0 Å². The fourth-order valence-corrected chi connectivity index (χ4v) is 1.77. The quantitative estimate of drug-likeness (QED) is 0.787. The summed E-state index contributed by atoms with van der Waals surface area (Å²) in [4.78, 5) is 11.7. The van der Waals surface area contributed by atoms with E-state index in [2.05, 4.69) is 10.6 Å². The Morgan fingerprint density at radius 1 is 1.47 bits per heavy atom. The van der Waals surface area contributed by atoms with E-state index in [1.54, 1.807) is 19.2 Å². The topological polar surface area (TPSA) is 50.4 Å². The molecule has 0 fully saturated rings. The first kappa shape index (κ1) is 15.6. The minimum Gasteiger partial charge on any atom is -0.380 e. The maximum absolute atomic E-state index is 13.4. The zero-order valence-corrected chi connectivity index (χ0v) is 11.6. The van der Waals surface area contributed by atoms with Gasteiger partial charge in [-0.15, -0.1) is 0 Å². The SMILES string of the molecule is CNCC(C)C(=O)NCc1ccc(F)c(COC)c1. The van der Waals surface area contributed by atoms with E-state index >= 15 is 0 Å². The van der Waals surface area contributed by atoms with Crippen LogP contribution in [0.25, 0.3) is 0 Å². The van der Waals surface area contributed by atoms with Crippen LogP contribution in [0.2, 0.25) is 0 Å². The van der Waals surface area contributed by atoms with Crippen LogP contribution in [0.3, 0.4) is 0 Å². The molecule has 2 N–H and O–H groups in total. The molecule has 1 aromatic rings. The normalized spacial score (nSPS) is 12.2. The molecule has 19 heavy (non-hydrogen) atoms. The number of nitrogens with one attached hydrogen (secondary N) is 2. The fraction of sp³-hybridized carbons (Fsp3) is 0.500. The lowest BCUT2D eigenvalue weighted by Gasteiger charge is -2.12. The number of benzene rings is 1. The predicted molar refractivity (Wildman–Crippen MR) is 72.1 cm³/mol. The largest absolute Gasteiger partial charge is 0.380 e. The van der Waals surface area contributed by atoms with E-state index in [0.29, 0.717) is 18.7 Å². The summed E-state index contributed by atoms with van der Waals surface area (Å²) >= 11 is 0. The molecule has 0 saturated carbocycles. The molecular formula is C14H21FN2O2. The van der Waals surface area contributed by atoms with E-state index in [4.69, 9.17) is 4.74 Å². The number of halogens is 1. The van der Waals surface area contributed by atoms with E-state index in [0.717, 1.165) is 5.56 Å². The van der Waals surface area contributed by atoms with Gasteiger partial charge in [-0.1, -0.05) is 13.0 Å². The number of amides is 1. The van der Waals surface area contributed by atoms with Crippen LogP contribution in [0.4, 0.5) is 4.39 Å². The molecule has 0 aliphatic carbocycles. The summed E-state index contributed by atoms with van der Waals surface area (Å²) in [6.45, 7) is 3.10. The van der Waals surface area contributed by atoms with Crippen molar-refractivity contribution >= 4 is 5.91 Å². The third-order valence-electron chi connectivity index (χ3n) is 2.83. The number of rotatable bonds is 7. The second-order valence-corrected chi connectivity index (χ2v) is 4.54. The Bertz CT molecular complexity index is 424. The Balaban J connectivity index is 2.58. The number of hydrogen-bond donors (Lipinski definition) is 2. The molecule has 0 bridgehead atoms. The smallest absolute Gasteiger partial charge is 0.224 e. The van der Waals surface area contributed by atoms with Gasteiger partial charge in [-0.25, -0.2) is 4.39 Å². The molecular weight excluding hydrogens is 247 g/mol. The van der Waals surface area contributed by atoms with Gasteiger partial charge in [0.1, 0.15) is 5.82 Å². The highest BCUT2D eigenvalue weighted by molar-refractivity contribution is 5.78. The van der Waals surface area contributed by atoms with Crippen LogP contribution in [-0.4, -0.2) is 26.6 Å². The molecule has 4 nitrogen and oxygen atoms in total. The van der Waals surface area contributed by atoms with Gasteiger partial charge in [-0.3, -0.25) is 4.79 Å². The first-order chi connectivity index (χ1) is 9.08. The Hall–Kier alpha value is -1.46. The van der Waals surface area contributed by atoms with Crippen molar-refractivity contribution in [3.63, 3.8) is 0 Å². The van der Waals surface area contributed by atoms with Gasteiger partial charge in [0.2, 0.25) is 5.91 Å². The number of carbonyl (C=O) groups is 1. The molecule has 0 radical (unpaired) electrons. The molecule has 0 aromatic heterocycles. The average Bonchev–Trinajstić information content (AvgIpc) is 2.39. The predicted octanol–water partition coefficient (Wildman–Crippen LogP) is 1.44. The lowest BCUT2D eigenvalue weighted by Crippen LogP contribution is -2.33. The van der Waals surface area contributed by atoms with Gasteiger partial charge < -0.3 is 15.4 Å². The number of carbonyl (C=O) groups excluding carboxylic acids is 1. The molecule has 1 aromatic carbocycles. The van der Waals surface area contributed by atoms with Gasteiger partial charge in [0.15, 0.2) is 0 Å². The zero-order valence-electron chi connectivity index (χ0n) is 11.6. The summed E-state index contributed by atoms with van der Waals surface area (Å²) < 4.78 is 18.3. The van der Waals surface area contributed by atoms with Crippen molar-refractivity contribution in [3.8, 4) is 0 Å². The Labute approximate surface area is 113 Å².